The summed E-state index contributed by atoms with van der Waals surface area (Å²) in [6.45, 7) is 2.01. The van der Waals surface area contributed by atoms with E-state index in [1.165, 1.54) is 14.2 Å². The molecule has 4 rings (SSSR count). The molecular weight excluding hydrogens is 426 g/mol. The molecule has 1 amide bonds. The summed E-state index contributed by atoms with van der Waals surface area (Å²) in [6.07, 6.45) is 0. The number of aryl methyl sites for hydroxylation is 1. The molecule has 0 saturated carbocycles. The van der Waals surface area contributed by atoms with Crippen molar-refractivity contribution in [1.29, 1.82) is 0 Å². The number of rotatable bonds is 5. The number of carbonyl (C=O) groups is 1. The van der Waals surface area contributed by atoms with Crippen molar-refractivity contribution in [2.24, 2.45) is 0 Å². The maximum Gasteiger partial charge on any atom is 0.257 e. The molecular formula is C24H21N3O4S. The molecule has 8 heteroatoms. The first kappa shape index (κ1) is 21.3. The predicted octanol–water partition coefficient (Wildman–Crippen LogP) is 4.95. The van der Waals surface area contributed by atoms with E-state index >= 15 is 0 Å². The number of hydrogen-bond donors (Lipinski definition) is 2. The summed E-state index contributed by atoms with van der Waals surface area (Å²) < 4.78 is 16.3. The van der Waals surface area contributed by atoms with E-state index in [0.717, 1.165) is 11.1 Å². The van der Waals surface area contributed by atoms with Crippen molar-refractivity contribution in [2.45, 2.75) is 6.92 Å². The second-order valence-corrected chi connectivity index (χ2v) is 7.40. The SMILES string of the molecule is COc1ccc(C(=O)NC(=S)Nc2ccc3oc(-c4ccccc4C)nc3c2)cc1OC. The number of nitrogens with zero attached hydrogens (tertiary/aromatic N) is 1. The van der Waals surface area contributed by atoms with Crippen LogP contribution in [0.3, 0.4) is 0 Å². The van der Waals surface area contributed by atoms with Gasteiger partial charge in [-0.1, -0.05) is 18.2 Å². The molecule has 1 heterocycles. The molecule has 4 aromatic rings. The van der Waals surface area contributed by atoms with Crippen molar-refractivity contribution >= 4 is 40.0 Å². The van der Waals surface area contributed by atoms with E-state index in [4.69, 9.17) is 26.1 Å². The third kappa shape index (κ3) is 4.40. The summed E-state index contributed by atoms with van der Waals surface area (Å²) in [7, 11) is 3.04. The van der Waals surface area contributed by atoms with Gasteiger partial charge in [0.2, 0.25) is 5.89 Å². The lowest BCUT2D eigenvalue weighted by atomic mass is 10.1. The summed E-state index contributed by atoms with van der Waals surface area (Å²) in [5.41, 5.74) is 4.44. The van der Waals surface area contributed by atoms with Crippen LogP contribution in [0.5, 0.6) is 11.5 Å². The normalized spacial score (nSPS) is 10.6. The smallest absolute Gasteiger partial charge is 0.257 e. The van der Waals surface area contributed by atoms with Gasteiger partial charge >= 0.3 is 0 Å². The lowest BCUT2D eigenvalue weighted by molar-refractivity contribution is 0.0977. The first-order valence-corrected chi connectivity index (χ1v) is 10.2. The molecule has 0 fully saturated rings. The van der Waals surface area contributed by atoms with Crippen LogP contribution in [0.2, 0.25) is 0 Å². The van der Waals surface area contributed by atoms with Crippen LogP contribution in [-0.4, -0.2) is 30.2 Å². The molecule has 32 heavy (non-hydrogen) atoms. The molecule has 7 nitrogen and oxygen atoms in total. The zero-order valence-corrected chi connectivity index (χ0v) is 18.6. The molecule has 2 N–H and O–H groups in total. The van der Waals surface area contributed by atoms with Gasteiger partial charge in [-0.05, 0) is 67.2 Å². The largest absolute Gasteiger partial charge is 0.493 e. The predicted molar refractivity (Wildman–Crippen MR) is 127 cm³/mol. The Hall–Kier alpha value is -3.91. The van der Waals surface area contributed by atoms with Crippen LogP contribution < -0.4 is 20.1 Å². The van der Waals surface area contributed by atoms with Gasteiger partial charge in [0.15, 0.2) is 22.2 Å². The number of thiocarbonyl (C=S) groups is 1. The summed E-state index contributed by atoms with van der Waals surface area (Å²) >= 11 is 5.30. The average molecular weight is 448 g/mol. The molecule has 0 aliphatic rings. The van der Waals surface area contributed by atoms with Crippen LogP contribution in [0.1, 0.15) is 15.9 Å². The maximum atomic E-state index is 12.6. The maximum absolute atomic E-state index is 12.6. The summed E-state index contributed by atoms with van der Waals surface area (Å²) in [5.74, 6) is 1.18. The van der Waals surface area contributed by atoms with E-state index < -0.39 is 0 Å². The van der Waals surface area contributed by atoms with E-state index in [2.05, 4.69) is 15.6 Å². The summed E-state index contributed by atoms with van der Waals surface area (Å²) in [4.78, 5) is 17.1. The van der Waals surface area contributed by atoms with Gasteiger partial charge in [-0.2, -0.15) is 0 Å². The number of methoxy groups -OCH3 is 2. The molecule has 3 aromatic carbocycles. The zero-order chi connectivity index (χ0) is 22.7. The zero-order valence-electron chi connectivity index (χ0n) is 17.8. The molecule has 0 radical (unpaired) electrons. The molecule has 162 valence electrons. The Morgan fingerprint density at radius 3 is 2.53 bits per heavy atom. The van der Waals surface area contributed by atoms with Crippen LogP contribution >= 0.6 is 12.2 Å². The van der Waals surface area contributed by atoms with Crippen molar-refractivity contribution in [3.8, 4) is 23.0 Å². The number of hydrogen-bond acceptors (Lipinski definition) is 6. The van der Waals surface area contributed by atoms with Gasteiger partial charge in [-0.15, -0.1) is 0 Å². The van der Waals surface area contributed by atoms with Crippen LogP contribution in [0.15, 0.2) is 65.1 Å². The number of ether oxygens (including phenoxy) is 2. The number of benzene rings is 3. The molecule has 0 atom stereocenters. The molecule has 0 saturated heterocycles. The summed E-state index contributed by atoms with van der Waals surface area (Å²) in [6, 6.07) is 18.2. The van der Waals surface area contributed by atoms with Crippen molar-refractivity contribution in [1.82, 2.24) is 10.3 Å². The van der Waals surface area contributed by atoms with Gasteiger partial charge in [0.1, 0.15) is 5.52 Å². The lowest BCUT2D eigenvalue weighted by Crippen LogP contribution is -2.34. The third-order valence-corrected chi connectivity index (χ3v) is 5.10. The number of amides is 1. The average Bonchev–Trinajstić information content (AvgIpc) is 3.21. The monoisotopic (exact) mass is 447 g/mol. The van der Waals surface area contributed by atoms with Crippen LogP contribution in [-0.2, 0) is 0 Å². The number of oxazole rings is 1. The van der Waals surface area contributed by atoms with Gasteiger partial charge in [0.05, 0.1) is 14.2 Å². The van der Waals surface area contributed by atoms with Crippen molar-refractivity contribution in [3.63, 3.8) is 0 Å². The first-order valence-electron chi connectivity index (χ1n) is 9.79. The number of carbonyl (C=O) groups excluding carboxylic acids is 1. The number of nitrogens with one attached hydrogen (secondary N) is 2. The Bertz CT molecular complexity index is 1320. The van der Waals surface area contributed by atoms with Crippen molar-refractivity contribution < 1.29 is 18.7 Å². The second kappa shape index (κ2) is 9.07. The highest BCUT2D eigenvalue weighted by molar-refractivity contribution is 7.80. The second-order valence-electron chi connectivity index (χ2n) is 6.99. The van der Waals surface area contributed by atoms with Crippen LogP contribution in [0.4, 0.5) is 5.69 Å². The number of anilines is 1. The van der Waals surface area contributed by atoms with Crippen molar-refractivity contribution in [3.05, 3.63) is 71.8 Å². The van der Waals surface area contributed by atoms with E-state index in [1.54, 1.807) is 18.2 Å². The third-order valence-electron chi connectivity index (χ3n) is 4.89. The minimum atomic E-state index is -0.368. The minimum Gasteiger partial charge on any atom is -0.493 e. The van der Waals surface area contributed by atoms with Crippen molar-refractivity contribution in [2.75, 3.05) is 19.5 Å². The Labute approximate surface area is 190 Å². The first-order chi connectivity index (χ1) is 15.5. The fourth-order valence-corrected chi connectivity index (χ4v) is 3.46. The lowest BCUT2D eigenvalue weighted by Gasteiger charge is -2.11. The fourth-order valence-electron chi connectivity index (χ4n) is 3.25. The van der Waals surface area contributed by atoms with E-state index in [-0.39, 0.29) is 11.0 Å². The van der Waals surface area contributed by atoms with Gasteiger partial charge in [-0.3, -0.25) is 10.1 Å². The number of fused-ring (bicyclic) bond motifs is 1. The van der Waals surface area contributed by atoms with Gasteiger partial charge in [0, 0.05) is 16.8 Å². The topological polar surface area (TPSA) is 85.6 Å². The molecule has 0 aliphatic heterocycles. The molecule has 0 bridgehead atoms. The van der Waals surface area contributed by atoms with E-state index in [9.17, 15) is 4.79 Å². The standard InChI is InChI=1S/C24H21N3O4S/c1-14-6-4-5-7-17(14)23-26-18-13-16(9-11-19(18)31-23)25-24(32)27-22(28)15-8-10-20(29-2)21(12-15)30-3/h4-13H,1-3H3,(H2,25,27,28,32). The van der Waals surface area contributed by atoms with Crippen LogP contribution in [0, 0.1) is 6.92 Å². The highest BCUT2D eigenvalue weighted by Crippen LogP contribution is 2.29. The molecule has 0 spiro atoms. The van der Waals surface area contributed by atoms with Gasteiger partial charge in [-0.25, -0.2) is 4.98 Å². The van der Waals surface area contributed by atoms with Gasteiger partial charge < -0.3 is 19.2 Å². The quantitative estimate of drug-likeness (QED) is 0.419. The summed E-state index contributed by atoms with van der Waals surface area (Å²) in [5, 5.41) is 5.83. The van der Waals surface area contributed by atoms with E-state index in [1.807, 2.05) is 49.4 Å². The highest BCUT2D eigenvalue weighted by Gasteiger charge is 2.14. The fraction of sp³-hybridized carbons (Fsp3) is 0.125. The van der Waals surface area contributed by atoms with Gasteiger partial charge in [0.25, 0.3) is 5.91 Å². The Morgan fingerprint density at radius 1 is 1.00 bits per heavy atom. The van der Waals surface area contributed by atoms with E-state index in [0.29, 0.717) is 39.7 Å². The molecule has 0 aliphatic carbocycles. The Kier molecular flexibility index (Phi) is 6.04. The Balaban J connectivity index is 1.48. The number of aromatic nitrogens is 1. The highest BCUT2D eigenvalue weighted by atomic mass is 32.1. The Morgan fingerprint density at radius 2 is 1.78 bits per heavy atom. The van der Waals surface area contributed by atoms with Crippen LogP contribution in [0.25, 0.3) is 22.6 Å². The molecule has 0 unspecified atom stereocenters. The minimum absolute atomic E-state index is 0.159. The molecule has 1 aromatic heterocycles.